The van der Waals surface area contributed by atoms with E-state index in [4.69, 9.17) is 0 Å². The lowest BCUT2D eigenvalue weighted by atomic mass is 10.0. The SMILES string of the molecule is CCCNC(CC)c1ccc(SC(C)CC)cc1. The maximum absolute atomic E-state index is 3.60. The van der Waals surface area contributed by atoms with Crippen molar-refractivity contribution in [2.75, 3.05) is 6.54 Å². The molecule has 0 fully saturated rings. The first-order valence-electron chi connectivity index (χ1n) is 7.21. The molecule has 0 aliphatic rings. The van der Waals surface area contributed by atoms with Gasteiger partial charge in [-0.05, 0) is 43.5 Å². The van der Waals surface area contributed by atoms with Crippen LogP contribution in [0, 0.1) is 0 Å². The third-order valence-corrected chi connectivity index (χ3v) is 4.52. The molecule has 2 heteroatoms. The smallest absolute Gasteiger partial charge is 0.0317 e. The van der Waals surface area contributed by atoms with Crippen LogP contribution in [0.15, 0.2) is 29.2 Å². The lowest BCUT2D eigenvalue weighted by Crippen LogP contribution is -2.21. The van der Waals surface area contributed by atoms with Gasteiger partial charge in [-0.15, -0.1) is 11.8 Å². The molecule has 0 heterocycles. The summed E-state index contributed by atoms with van der Waals surface area (Å²) in [6.45, 7) is 10.1. The predicted molar refractivity (Wildman–Crippen MR) is 83.4 cm³/mol. The number of benzene rings is 1. The zero-order chi connectivity index (χ0) is 13.4. The number of hydrogen-bond acceptors (Lipinski definition) is 2. The Kier molecular flexibility index (Phi) is 7.45. The van der Waals surface area contributed by atoms with E-state index in [0.29, 0.717) is 11.3 Å². The molecule has 1 N–H and O–H groups in total. The van der Waals surface area contributed by atoms with Crippen molar-refractivity contribution in [3.05, 3.63) is 29.8 Å². The third-order valence-electron chi connectivity index (χ3n) is 3.24. The first-order chi connectivity index (χ1) is 8.71. The molecule has 0 saturated heterocycles. The first kappa shape index (κ1) is 15.6. The Balaban J connectivity index is 2.62. The first-order valence-corrected chi connectivity index (χ1v) is 8.09. The lowest BCUT2D eigenvalue weighted by Gasteiger charge is -2.17. The minimum absolute atomic E-state index is 0.507. The van der Waals surface area contributed by atoms with Crippen LogP contribution < -0.4 is 5.32 Å². The Morgan fingerprint density at radius 1 is 1.06 bits per heavy atom. The highest BCUT2D eigenvalue weighted by Gasteiger charge is 2.08. The van der Waals surface area contributed by atoms with E-state index in [9.17, 15) is 0 Å². The summed E-state index contributed by atoms with van der Waals surface area (Å²) in [5.41, 5.74) is 1.42. The molecule has 0 aliphatic carbocycles. The van der Waals surface area contributed by atoms with Crippen molar-refractivity contribution >= 4 is 11.8 Å². The summed E-state index contributed by atoms with van der Waals surface area (Å²) in [5.74, 6) is 0. The molecule has 0 radical (unpaired) electrons. The molecule has 1 nitrogen and oxygen atoms in total. The summed E-state index contributed by atoms with van der Waals surface area (Å²) in [6, 6.07) is 9.60. The number of rotatable bonds is 8. The molecule has 102 valence electrons. The molecule has 0 amide bonds. The second-order valence-corrected chi connectivity index (χ2v) is 6.33. The molecule has 1 aromatic carbocycles. The Morgan fingerprint density at radius 3 is 2.22 bits per heavy atom. The summed E-state index contributed by atoms with van der Waals surface area (Å²) in [6.07, 6.45) is 3.57. The minimum atomic E-state index is 0.507. The molecule has 1 rings (SSSR count). The van der Waals surface area contributed by atoms with E-state index in [1.807, 2.05) is 11.8 Å². The molecular weight excluding hydrogens is 238 g/mol. The van der Waals surface area contributed by atoms with E-state index in [2.05, 4.69) is 57.3 Å². The van der Waals surface area contributed by atoms with E-state index in [1.54, 1.807) is 0 Å². The fraction of sp³-hybridized carbons (Fsp3) is 0.625. The maximum Gasteiger partial charge on any atom is 0.0317 e. The summed E-state index contributed by atoms with van der Waals surface area (Å²) < 4.78 is 0. The van der Waals surface area contributed by atoms with E-state index >= 15 is 0 Å². The molecule has 0 aliphatic heterocycles. The molecule has 0 bridgehead atoms. The topological polar surface area (TPSA) is 12.0 Å². The Hall–Kier alpha value is -0.470. The third kappa shape index (κ3) is 5.03. The highest BCUT2D eigenvalue weighted by molar-refractivity contribution is 7.99. The van der Waals surface area contributed by atoms with Gasteiger partial charge in [-0.3, -0.25) is 0 Å². The monoisotopic (exact) mass is 265 g/mol. The van der Waals surface area contributed by atoms with Crippen LogP contribution in [0.25, 0.3) is 0 Å². The second-order valence-electron chi connectivity index (χ2n) is 4.82. The number of hydrogen-bond donors (Lipinski definition) is 1. The van der Waals surface area contributed by atoms with Gasteiger partial charge in [0.25, 0.3) is 0 Å². The van der Waals surface area contributed by atoms with Crippen LogP contribution >= 0.6 is 11.8 Å². The molecule has 0 spiro atoms. The van der Waals surface area contributed by atoms with Crippen LogP contribution in [0.2, 0.25) is 0 Å². The normalized spacial score (nSPS) is 14.4. The van der Waals surface area contributed by atoms with Gasteiger partial charge in [0.1, 0.15) is 0 Å². The predicted octanol–water partition coefficient (Wildman–Crippen LogP) is 5.03. The fourth-order valence-electron chi connectivity index (χ4n) is 1.91. The largest absolute Gasteiger partial charge is 0.310 e. The van der Waals surface area contributed by atoms with Gasteiger partial charge >= 0.3 is 0 Å². The summed E-state index contributed by atoms with van der Waals surface area (Å²) in [4.78, 5) is 1.39. The molecular formula is C16H27NS. The summed E-state index contributed by atoms with van der Waals surface area (Å²) >= 11 is 1.97. The van der Waals surface area contributed by atoms with Gasteiger partial charge in [0.2, 0.25) is 0 Å². The highest BCUT2D eigenvalue weighted by Crippen LogP contribution is 2.26. The van der Waals surface area contributed by atoms with Gasteiger partial charge < -0.3 is 5.32 Å². The van der Waals surface area contributed by atoms with Crippen LogP contribution in [-0.4, -0.2) is 11.8 Å². The molecule has 1 aromatic rings. The number of nitrogens with one attached hydrogen (secondary N) is 1. The molecule has 0 aromatic heterocycles. The molecule has 2 unspecified atom stereocenters. The standard InChI is InChI=1S/C16H27NS/c1-5-12-17-16(7-3)14-8-10-15(11-9-14)18-13(4)6-2/h8-11,13,16-17H,5-7,12H2,1-4H3. The Morgan fingerprint density at radius 2 is 1.72 bits per heavy atom. The average Bonchev–Trinajstić information content (AvgIpc) is 2.41. The van der Waals surface area contributed by atoms with Crippen molar-refractivity contribution < 1.29 is 0 Å². The Bertz CT molecular complexity index is 320. The summed E-state index contributed by atoms with van der Waals surface area (Å²) in [7, 11) is 0. The van der Waals surface area contributed by atoms with Crippen LogP contribution in [0.4, 0.5) is 0 Å². The van der Waals surface area contributed by atoms with E-state index < -0.39 is 0 Å². The highest BCUT2D eigenvalue weighted by atomic mass is 32.2. The second kappa shape index (κ2) is 8.60. The fourth-order valence-corrected chi connectivity index (χ4v) is 2.84. The van der Waals surface area contributed by atoms with Crippen molar-refractivity contribution in [3.63, 3.8) is 0 Å². The van der Waals surface area contributed by atoms with Crippen molar-refractivity contribution in [2.24, 2.45) is 0 Å². The zero-order valence-electron chi connectivity index (χ0n) is 12.2. The van der Waals surface area contributed by atoms with Crippen molar-refractivity contribution in [3.8, 4) is 0 Å². The van der Waals surface area contributed by atoms with Crippen molar-refractivity contribution in [1.82, 2.24) is 5.32 Å². The Labute approximate surface area is 117 Å². The van der Waals surface area contributed by atoms with Crippen LogP contribution in [0.3, 0.4) is 0 Å². The average molecular weight is 265 g/mol. The van der Waals surface area contributed by atoms with Gasteiger partial charge in [0.15, 0.2) is 0 Å². The van der Waals surface area contributed by atoms with Crippen LogP contribution in [0.1, 0.15) is 58.6 Å². The van der Waals surface area contributed by atoms with Crippen LogP contribution in [0.5, 0.6) is 0 Å². The maximum atomic E-state index is 3.60. The van der Waals surface area contributed by atoms with Gasteiger partial charge in [-0.2, -0.15) is 0 Å². The number of thioether (sulfide) groups is 1. The van der Waals surface area contributed by atoms with Crippen molar-refractivity contribution in [2.45, 2.75) is 63.1 Å². The van der Waals surface area contributed by atoms with Crippen molar-refractivity contribution in [1.29, 1.82) is 0 Å². The molecule has 2 atom stereocenters. The minimum Gasteiger partial charge on any atom is -0.310 e. The van der Waals surface area contributed by atoms with Gasteiger partial charge in [0.05, 0.1) is 0 Å². The van der Waals surface area contributed by atoms with E-state index in [-0.39, 0.29) is 0 Å². The zero-order valence-corrected chi connectivity index (χ0v) is 13.0. The quantitative estimate of drug-likeness (QED) is 0.662. The molecule has 0 saturated carbocycles. The molecule has 18 heavy (non-hydrogen) atoms. The van der Waals surface area contributed by atoms with Gasteiger partial charge in [0, 0.05) is 16.2 Å². The summed E-state index contributed by atoms with van der Waals surface area (Å²) in [5, 5.41) is 4.30. The van der Waals surface area contributed by atoms with E-state index in [1.165, 1.54) is 23.3 Å². The van der Waals surface area contributed by atoms with Gasteiger partial charge in [-0.25, -0.2) is 0 Å². The van der Waals surface area contributed by atoms with E-state index in [0.717, 1.165) is 13.0 Å². The van der Waals surface area contributed by atoms with Gasteiger partial charge in [-0.1, -0.05) is 39.8 Å². The van der Waals surface area contributed by atoms with Crippen LogP contribution in [-0.2, 0) is 0 Å². The lowest BCUT2D eigenvalue weighted by molar-refractivity contribution is 0.518.